The van der Waals surface area contributed by atoms with Crippen molar-refractivity contribution >= 4 is 50.9 Å². The maximum Gasteiger partial charge on any atom is 0.275 e. The third-order valence-corrected chi connectivity index (χ3v) is 8.25. The predicted octanol–water partition coefficient (Wildman–Crippen LogP) is 1.09. The lowest BCUT2D eigenvalue weighted by molar-refractivity contribution is -0.121. The smallest absolute Gasteiger partial charge is 0.275 e. The van der Waals surface area contributed by atoms with E-state index in [1.807, 2.05) is 37.3 Å². The van der Waals surface area contributed by atoms with Gasteiger partial charge in [-0.3, -0.25) is 14.3 Å². The van der Waals surface area contributed by atoms with Crippen molar-refractivity contribution in [1.82, 2.24) is 15.1 Å². The summed E-state index contributed by atoms with van der Waals surface area (Å²) in [6, 6.07) is 12.3. The average molecular weight is 526 g/mol. The fourth-order valence-electron chi connectivity index (χ4n) is 5.32. The van der Waals surface area contributed by atoms with Gasteiger partial charge in [0.25, 0.3) is 5.91 Å². The fourth-order valence-corrected chi connectivity index (χ4v) is 5.98. The number of carbonyl (C=O) groups is 2. The molecule has 1 aliphatic carbocycles. The molecule has 4 atom stereocenters. The topological polar surface area (TPSA) is 101 Å². The number of carbonyl (C=O) groups excluding carboxylic acids is 2. The molecule has 2 aliphatic rings. The van der Waals surface area contributed by atoms with Gasteiger partial charge in [0.15, 0.2) is 21.3 Å². The first-order valence-corrected chi connectivity index (χ1v) is 13.8. The summed E-state index contributed by atoms with van der Waals surface area (Å²) in [5.74, 6) is -3.26. The van der Waals surface area contributed by atoms with Crippen LogP contribution in [-0.4, -0.2) is 71.1 Å². The first-order chi connectivity index (χ1) is 17.8. The van der Waals surface area contributed by atoms with Crippen molar-refractivity contribution < 1.29 is 22.4 Å². The number of aromatic nitrogens is 2. The Labute approximate surface area is 224 Å². The Morgan fingerprint density at radius 3 is 2.47 bits per heavy atom. The molecule has 2 aromatic carbocycles. The molecule has 1 N–H and O–H groups in total. The van der Waals surface area contributed by atoms with Crippen molar-refractivity contribution in [2.75, 3.05) is 11.2 Å². The van der Waals surface area contributed by atoms with Gasteiger partial charge in [-0.2, -0.15) is 5.10 Å². The molecule has 8 nitrogen and oxygen atoms in total. The van der Waals surface area contributed by atoms with Crippen LogP contribution >= 0.6 is 0 Å². The predicted molar refractivity (Wildman–Crippen MR) is 141 cm³/mol. The molecule has 0 saturated heterocycles. The van der Waals surface area contributed by atoms with Gasteiger partial charge in [0.2, 0.25) is 5.91 Å². The van der Waals surface area contributed by atoms with Gasteiger partial charge in [0, 0.05) is 11.9 Å². The lowest BCUT2D eigenvalue weighted by Crippen LogP contribution is -2.60. The molecule has 1 aliphatic heterocycles. The molecule has 38 heavy (non-hydrogen) atoms. The number of anilines is 1. The lowest BCUT2D eigenvalue weighted by atomic mass is 9.48. The molecule has 0 spiro atoms. The van der Waals surface area contributed by atoms with Crippen molar-refractivity contribution in [2.45, 2.75) is 35.6 Å². The van der Waals surface area contributed by atoms with Crippen LogP contribution in [0.2, 0.25) is 0 Å². The summed E-state index contributed by atoms with van der Waals surface area (Å²) in [7, 11) is 14.3. The third kappa shape index (κ3) is 4.68. The lowest BCUT2D eigenvalue weighted by Gasteiger charge is -2.40. The van der Waals surface area contributed by atoms with E-state index in [1.54, 1.807) is 0 Å². The summed E-state index contributed by atoms with van der Waals surface area (Å²) in [5, 5.41) is 4.54. The van der Waals surface area contributed by atoms with Crippen LogP contribution in [0.1, 0.15) is 34.5 Å². The highest BCUT2D eigenvalue weighted by Gasteiger charge is 2.59. The Morgan fingerprint density at radius 1 is 1.16 bits per heavy atom. The number of nitrogens with one attached hydrogen (secondary N) is 1. The van der Waals surface area contributed by atoms with E-state index in [9.17, 15) is 22.4 Å². The highest BCUT2D eigenvalue weighted by molar-refractivity contribution is 7.90. The zero-order valence-electron chi connectivity index (χ0n) is 20.7. The average Bonchev–Trinajstić information content (AvgIpc) is 3.37. The number of hydrogen-bond donors (Lipinski definition) is 1. The van der Waals surface area contributed by atoms with Crippen LogP contribution in [0.15, 0.2) is 59.6 Å². The second-order valence-electron chi connectivity index (χ2n) is 9.98. The largest absolute Gasteiger partial charge is 0.338 e. The quantitative estimate of drug-likeness (QED) is 0.485. The monoisotopic (exact) mass is 526 g/mol. The Balaban J connectivity index is 1.48. The van der Waals surface area contributed by atoms with Gasteiger partial charge in [-0.25, -0.2) is 12.8 Å². The maximum atomic E-state index is 14.8. The van der Waals surface area contributed by atoms with Gasteiger partial charge in [-0.15, -0.1) is 0 Å². The van der Waals surface area contributed by atoms with E-state index in [0.29, 0.717) is 5.56 Å². The molecule has 2 heterocycles. The van der Waals surface area contributed by atoms with Crippen LogP contribution in [-0.2, 0) is 21.2 Å². The van der Waals surface area contributed by atoms with E-state index >= 15 is 0 Å². The molecule has 1 fully saturated rings. The third-order valence-electron chi connectivity index (χ3n) is 7.14. The minimum atomic E-state index is -3.55. The first-order valence-electron chi connectivity index (χ1n) is 11.9. The number of nitrogens with zero attached hydrogens (tertiary/aromatic N) is 3. The standard InChI is InChI=1S/C25H22B3FN4O4S/c1-13-19-16-10-15(38(2,36)37)8-9-18(16)33(25(26,27)28)24(35)22(20(13)19)30-23(34)21-17(29)12-32(31-21)11-14-6-4-3-5-7-14/h3-10,12-13,19-20,22H,11H2,1-2H3,(H,30,34)/t13?,19?,20?,22-/m0/s1. The van der Waals surface area contributed by atoms with E-state index in [-0.39, 0.29) is 29.0 Å². The van der Waals surface area contributed by atoms with Gasteiger partial charge in [-0.1, -0.05) is 42.5 Å². The maximum absolute atomic E-state index is 14.8. The summed E-state index contributed by atoms with van der Waals surface area (Å²) < 4.78 is 40.5. The van der Waals surface area contributed by atoms with Crippen molar-refractivity contribution in [3.05, 3.63) is 77.4 Å². The van der Waals surface area contributed by atoms with Crippen LogP contribution in [0.5, 0.6) is 0 Å². The summed E-state index contributed by atoms with van der Waals surface area (Å²) in [5.41, 5.74) is 1.18. The van der Waals surface area contributed by atoms with E-state index in [0.717, 1.165) is 22.9 Å². The number of hydrogen-bond acceptors (Lipinski definition) is 5. The van der Waals surface area contributed by atoms with Gasteiger partial charge in [0.05, 0.1) is 41.2 Å². The molecule has 5 rings (SSSR count). The van der Waals surface area contributed by atoms with Gasteiger partial charge in [-0.05, 0) is 47.1 Å². The number of halogens is 1. The number of rotatable bonds is 6. The molecule has 0 bridgehead atoms. The summed E-state index contributed by atoms with van der Waals surface area (Å²) >= 11 is 0. The molecule has 188 valence electrons. The van der Waals surface area contributed by atoms with Crippen LogP contribution in [0, 0.1) is 17.7 Å². The fraction of sp³-hybridized carbons (Fsp3) is 0.320. The van der Waals surface area contributed by atoms with Crippen molar-refractivity contribution in [2.24, 2.45) is 11.8 Å². The van der Waals surface area contributed by atoms with Crippen molar-refractivity contribution in [3.8, 4) is 0 Å². The van der Waals surface area contributed by atoms with Crippen LogP contribution in [0.4, 0.5) is 10.1 Å². The molecule has 6 radical (unpaired) electrons. The number of amides is 2. The van der Waals surface area contributed by atoms with Crippen LogP contribution in [0.3, 0.4) is 0 Å². The molecule has 13 heteroatoms. The Hall–Kier alpha value is -3.34. The van der Waals surface area contributed by atoms with Gasteiger partial charge < -0.3 is 10.2 Å². The Kier molecular flexibility index (Phi) is 6.33. The van der Waals surface area contributed by atoms with Gasteiger partial charge in [0.1, 0.15) is 6.04 Å². The Bertz CT molecular complexity index is 1540. The molecule has 3 unspecified atom stereocenters. The second kappa shape index (κ2) is 9.15. The highest BCUT2D eigenvalue weighted by Crippen LogP contribution is 2.60. The van der Waals surface area contributed by atoms with Crippen molar-refractivity contribution in [1.29, 1.82) is 0 Å². The molecule has 1 aromatic heterocycles. The van der Waals surface area contributed by atoms with E-state index < -0.39 is 50.4 Å². The van der Waals surface area contributed by atoms with E-state index in [2.05, 4.69) is 10.4 Å². The number of fused-ring (bicyclic) bond motifs is 3. The van der Waals surface area contributed by atoms with E-state index in [4.69, 9.17) is 23.5 Å². The first kappa shape index (κ1) is 26.3. The van der Waals surface area contributed by atoms with Crippen LogP contribution in [0.25, 0.3) is 0 Å². The minimum Gasteiger partial charge on any atom is -0.338 e. The summed E-state index contributed by atoms with van der Waals surface area (Å²) in [6.07, 6.45) is 2.19. The molecule has 2 amide bonds. The second-order valence-corrected chi connectivity index (χ2v) is 12.0. The molecular weight excluding hydrogens is 504 g/mol. The summed E-state index contributed by atoms with van der Waals surface area (Å²) in [4.78, 5) is 27.9. The molecular formula is C25H22B3FN4O4S. The SMILES string of the molecule is [B]C([B])([B])N1C(=O)[C@@H](NC(=O)c2nn(Cc3ccccc3)cc2F)C2C(C)C2c2cc(S(C)(=O)=O)ccc21. The van der Waals surface area contributed by atoms with Crippen LogP contribution < -0.4 is 10.2 Å². The number of benzene rings is 2. The Morgan fingerprint density at radius 2 is 1.84 bits per heavy atom. The minimum absolute atomic E-state index is 0.0617. The number of sulfone groups is 1. The van der Waals surface area contributed by atoms with Gasteiger partial charge >= 0.3 is 0 Å². The molecule has 3 aromatic rings. The zero-order chi connectivity index (χ0) is 27.6. The summed E-state index contributed by atoms with van der Waals surface area (Å²) in [6.45, 7) is 2.13. The van der Waals surface area contributed by atoms with Crippen molar-refractivity contribution in [3.63, 3.8) is 0 Å². The van der Waals surface area contributed by atoms with E-state index in [1.165, 1.54) is 22.9 Å². The molecule has 1 saturated carbocycles. The highest BCUT2D eigenvalue weighted by atomic mass is 32.2. The normalized spacial score (nSPS) is 22.8. The zero-order valence-corrected chi connectivity index (χ0v) is 21.5.